The van der Waals surface area contributed by atoms with E-state index >= 15 is 0 Å². The van der Waals surface area contributed by atoms with Crippen molar-refractivity contribution in [2.45, 2.75) is 27.2 Å². The average Bonchev–Trinajstić information content (AvgIpc) is 2.73. The van der Waals surface area contributed by atoms with Crippen LogP contribution in [0.1, 0.15) is 47.3 Å². The molecule has 0 bridgehead atoms. The molecule has 0 aliphatic rings. The van der Waals surface area contributed by atoms with Crippen molar-refractivity contribution < 1.29 is 19.1 Å². The van der Waals surface area contributed by atoms with Gasteiger partial charge in [0.2, 0.25) is 0 Å². The lowest BCUT2D eigenvalue weighted by atomic mass is 10.1. The Kier molecular flexibility index (Phi) is 4.68. The molecule has 1 aromatic heterocycles. The minimum Gasteiger partial charge on any atom is -0.462 e. The smallest absolute Gasteiger partial charge is 0.359 e. The van der Waals surface area contributed by atoms with Crippen LogP contribution in [-0.2, 0) is 15.9 Å². The normalized spacial score (nSPS) is 10.1. The van der Waals surface area contributed by atoms with E-state index < -0.39 is 11.9 Å². The van der Waals surface area contributed by atoms with Gasteiger partial charge in [0.1, 0.15) is 5.56 Å². The Morgan fingerprint density at radius 3 is 2.24 bits per heavy atom. The summed E-state index contributed by atoms with van der Waals surface area (Å²) in [5.41, 5.74) is 0.737. The molecule has 1 rings (SSSR count). The second kappa shape index (κ2) is 6.03. The summed E-state index contributed by atoms with van der Waals surface area (Å²) in [5.74, 6) is -1.17. The maximum absolute atomic E-state index is 11.7. The van der Waals surface area contributed by atoms with Crippen LogP contribution in [0, 0.1) is 0 Å². The lowest BCUT2D eigenvalue weighted by Crippen LogP contribution is -2.14. The molecule has 0 aliphatic carbocycles. The molecule has 1 aromatic rings. The topological polar surface area (TPSA) is 81.3 Å². The van der Waals surface area contributed by atoms with E-state index in [-0.39, 0.29) is 24.5 Å². The first-order chi connectivity index (χ1) is 8.15. The molecule has 1 heterocycles. The minimum absolute atomic E-state index is 0.0119. The highest BCUT2D eigenvalue weighted by atomic mass is 16.5. The van der Waals surface area contributed by atoms with E-state index in [2.05, 4.69) is 10.2 Å². The molecule has 0 saturated carbocycles. The van der Waals surface area contributed by atoms with Crippen molar-refractivity contribution in [1.29, 1.82) is 0 Å². The highest BCUT2D eigenvalue weighted by Gasteiger charge is 2.26. The van der Waals surface area contributed by atoms with Crippen LogP contribution in [0.2, 0.25) is 0 Å². The van der Waals surface area contributed by atoms with Crippen LogP contribution >= 0.6 is 0 Å². The van der Waals surface area contributed by atoms with Crippen molar-refractivity contribution in [3.05, 3.63) is 17.0 Å². The molecule has 6 nitrogen and oxygen atoms in total. The van der Waals surface area contributed by atoms with Crippen LogP contribution < -0.4 is 0 Å². The number of nitrogens with one attached hydrogen (secondary N) is 1. The third kappa shape index (κ3) is 2.83. The summed E-state index contributed by atoms with van der Waals surface area (Å²) in [6.45, 7) is 5.72. The van der Waals surface area contributed by atoms with Gasteiger partial charge in [0.05, 0.1) is 18.9 Å². The predicted molar refractivity (Wildman–Crippen MR) is 59.9 cm³/mol. The average molecular weight is 240 g/mol. The number of carbonyl (C=O) groups is 2. The van der Waals surface area contributed by atoms with Crippen molar-refractivity contribution in [3.8, 4) is 0 Å². The molecule has 0 atom stereocenters. The van der Waals surface area contributed by atoms with E-state index in [1.165, 1.54) is 0 Å². The largest absolute Gasteiger partial charge is 0.462 e. The second-order valence-corrected chi connectivity index (χ2v) is 3.22. The zero-order chi connectivity index (χ0) is 12.8. The number of rotatable bonds is 5. The Labute approximate surface area is 99.3 Å². The van der Waals surface area contributed by atoms with Crippen molar-refractivity contribution in [2.24, 2.45) is 0 Å². The van der Waals surface area contributed by atoms with Crippen molar-refractivity contribution in [1.82, 2.24) is 10.2 Å². The van der Waals surface area contributed by atoms with Gasteiger partial charge in [0, 0.05) is 0 Å². The molecule has 0 amide bonds. The van der Waals surface area contributed by atoms with Crippen LogP contribution in [0.4, 0.5) is 0 Å². The number of aromatic amines is 1. The fourth-order valence-electron chi connectivity index (χ4n) is 1.40. The third-order valence-corrected chi connectivity index (χ3v) is 2.14. The van der Waals surface area contributed by atoms with Gasteiger partial charge >= 0.3 is 11.9 Å². The number of hydrogen-bond acceptors (Lipinski definition) is 5. The van der Waals surface area contributed by atoms with Crippen LogP contribution in [0.3, 0.4) is 0 Å². The Morgan fingerprint density at radius 1 is 1.12 bits per heavy atom. The van der Waals surface area contributed by atoms with Gasteiger partial charge in [-0.1, -0.05) is 6.92 Å². The van der Waals surface area contributed by atoms with Crippen molar-refractivity contribution in [2.75, 3.05) is 13.2 Å². The third-order valence-electron chi connectivity index (χ3n) is 2.14. The number of aryl methyl sites for hydroxylation is 1. The Bertz CT molecular complexity index is 412. The van der Waals surface area contributed by atoms with Gasteiger partial charge in [-0.05, 0) is 20.3 Å². The Hall–Kier alpha value is -1.85. The summed E-state index contributed by atoms with van der Waals surface area (Å²) in [5, 5.41) is 6.46. The summed E-state index contributed by atoms with van der Waals surface area (Å²) in [6.07, 6.45) is 0.556. The van der Waals surface area contributed by atoms with E-state index in [9.17, 15) is 9.59 Å². The summed E-state index contributed by atoms with van der Waals surface area (Å²) >= 11 is 0. The van der Waals surface area contributed by atoms with Gasteiger partial charge in [0.25, 0.3) is 0 Å². The van der Waals surface area contributed by atoms with Crippen LogP contribution in [-0.4, -0.2) is 35.3 Å². The number of esters is 2. The first kappa shape index (κ1) is 13.2. The monoisotopic (exact) mass is 240 g/mol. The van der Waals surface area contributed by atoms with Gasteiger partial charge in [-0.2, -0.15) is 5.10 Å². The van der Waals surface area contributed by atoms with Crippen LogP contribution in [0.5, 0.6) is 0 Å². The molecule has 0 radical (unpaired) electrons. The molecule has 1 N–H and O–H groups in total. The molecule has 0 fully saturated rings. The van der Waals surface area contributed by atoms with Gasteiger partial charge in [-0.25, -0.2) is 9.59 Å². The molecular formula is C11H16N2O4. The molecular weight excluding hydrogens is 224 g/mol. The van der Waals surface area contributed by atoms with Crippen molar-refractivity contribution >= 4 is 11.9 Å². The number of ether oxygens (including phenoxy) is 2. The van der Waals surface area contributed by atoms with Crippen LogP contribution in [0.25, 0.3) is 0 Å². The standard InChI is InChI=1S/C11H16N2O4/c1-4-7-8(10(14)16-5-2)9(13-12-7)11(15)17-6-3/h4-6H2,1-3H3,(H,12,13). The number of nitrogens with zero attached hydrogens (tertiary/aromatic N) is 1. The fourth-order valence-corrected chi connectivity index (χ4v) is 1.40. The first-order valence-electron chi connectivity index (χ1n) is 5.57. The molecule has 17 heavy (non-hydrogen) atoms. The number of H-pyrrole nitrogens is 1. The molecule has 0 saturated heterocycles. The minimum atomic E-state index is -0.619. The molecule has 94 valence electrons. The Balaban J connectivity index is 3.09. The molecule has 0 unspecified atom stereocenters. The maximum atomic E-state index is 11.7. The van der Waals surface area contributed by atoms with E-state index in [0.717, 1.165) is 0 Å². The second-order valence-electron chi connectivity index (χ2n) is 3.22. The summed E-state index contributed by atoms with van der Waals surface area (Å²) in [4.78, 5) is 23.3. The van der Waals surface area contributed by atoms with E-state index in [4.69, 9.17) is 9.47 Å². The quantitative estimate of drug-likeness (QED) is 0.785. The molecule has 0 aliphatic heterocycles. The predicted octanol–water partition coefficient (Wildman–Crippen LogP) is 1.33. The van der Waals surface area contributed by atoms with Gasteiger partial charge < -0.3 is 9.47 Å². The zero-order valence-electron chi connectivity index (χ0n) is 10.2. The summed E-state index contributed by atoms with van der Waals surface area (Å²) in [7, 11) is 0. The summed E-state index contributed by atoms with van der Waals surface area (Å²) < 4.78 is 9.72. The summed E-state index contributed by atoms with van der Waals surface area (Å²) in [6, 6.07) is 0. The fraction of sp³-hybridized carbons (Fsp3) is 0.545. The lowest BCUT2D eigenvalue weighted by Gasteiger charge is -2.04. The van der Waals surface area contributed by atoms with Crippen LogP contribution in [0.15, 0.2) is 0 Å². The van der Waals surface area contributed by atoms with Crippen molar-refractivity contribution in [3.63, 3.8) is 0 Å². The highest BCUT2D eigenvalue weighted by Crippen LogP contribution is 2.15. The molecule has 6 heteroatoms. The highest BCUT2D eigenvalue weighted by molar-refractivity contribution is 6.02. The van der Waals surface area contributed by atoms with E-state index in [1.54, 1.807) is 13.8 Å². The van der Waals surface area contributed by atoms with E-state index in [0.29, 0.717) is 12.1 Å². The SMILES string of the molecule is CCOC(=O)c1n[nH]c(CC)c1C(=O)OCC. The number of carbonyl (C=O) groups excluding carboxylic acids is 2. The first-order valence-corrected chi connectivity index (χ1v) is 5.57. The molecule has 0 spiro atoms. The maximum Gasteiger partial charge on any atom is 0.359 e. The van der Waals surface area contributed by atoms with Gasteiger partial charge in [-0.15, -0.1) is 0 Å². The Morgan fingerprint density at radius 2 is 1.71 bits per heavy atom. The van der Waals surface area contributed by atoms with Gasteiger partial charge in [0.15, 0.2) is 5.69 Å². The number of hydrogen-bond donors (Lipinski definition) is 1. The van der Waals surface area contributed by atoms with E-state index in [1.807, 2.05) is 6.92 Å². The van der Waals surface area contributed by atoms with Gasteiger partial charge in [-0.3, -0.25) is 5.10 Å². The number of aromatic nitrogens is 2. The lowest BCUT2D eigenvalue weighted by molar-refractivity contribution is 0.0474. The zero-order valence-corrected chi connectivity index (χ0v) is 10.2. The molecule has 0 aromatic carbocycles.